The van der Waals surface area contributed by atoms with E-state index in [0.29, 0.717) is 0 Å². The predicted octanol–water partition coefficient (Wildman–Crippen LogP) is 3.35. The lowest BCUT2D eigenvalue weighted by molar-refractivity contribution is 0.645. The Bertz CT molecular complexity index is 679. The third kappa shape index (κ3) is 4.41. The van der Waals surface area contributed by atoms with Gasteiger partial charge in [-0.05, 0) is 37.1 Å². The average molecular weight is 339 g/mol. The maximum atomic E-state index is 4.78. The maximum absolute atomic E-state index is 4.78. The number of nitrogens with zero attached hydrogens (tertiary/aromatic N) is 5. The third-order valence-corrected chi connectivity index (χ3v) is 4.79. The highest BCUT2D eigenvalue weighted by molar-refractivity contribution is 5.51. The van der Waals surface area contributed by atoms with E-state index in [1.54, 1.807) is 0 Å². The molecule has 1 aromatic heterocycles. The van der Waals surface area contributed by atoms with Gasteiger partial charge >= 0.3 is 0 Å². The van der Waals surface area contributed by atoms with E-state index in [2.05, 4.69) is 64.8 Å². The molecule has 0 spiro atoms. The fourth-order valence-corrected chi connectivity index (χ4v) is 3.21. The van der Waals surface area contributed by atoms with Crippen molar-refractivity contribution in [1.29, 1.82) is 0 Å². The smallest absolute Gasteiger partial charge is 0.226 e. The van der Waals surface area contributed by atoms with Gasteiger partial charge in [0.05, 0.1) is 0 Å². The minimum absolute atomic E-state index is 0.826. The highest BCUT2D eigenvalue weighted by Gasteiger charge is 2.19. The van der Waals surface area contributed by atoms with Gasteiger partial charge in [0.15, 0.2) is 0 Å². The van der Waals surface area contributed by atoms with E-state index >= 15 is 0 Å². The van der Waals surface area contributed by atoms with E-state index in [1.165, 1.54) is 24.1 Å². The zero-order valence-corrected chi connectivity index (χ0v) is 15.6. The molecule has 0 atom stereocenters. The van der Waals surface area contributed by atoms with Crippen LogP contribution in [0, 0.1) is 6.92 Å². The molecule has 1 saturated heterocycles. The van der Waals surface area contributed by atoms with E-state index in [9.17, 15) is 0 Å². The number of anilines is 3. The summed E-state index contributed by atoms with van der Waals surface area (Å²) in [5, 5.41) is 0. The second-order valence-corrected chi connectivity index (χ2v) is 6.80. The number of benzene rings is 1. The van der Waals surface area contributed by atoms with Crippen molar-refractivity contribution in [3.63, 3.8) is 0 Å². The van der Waals surface area contributed by atoms with Crippen molar-refractivity contribution in [2.24, 2.45) is 0 Å². The van der Waals surface area contributed by atoms with Crippen LogP contribution in [-0.4, -0.2) is 49.7 Å². The number of aromatic nitrogens is 2. The van der Waals surface area contributed by atoms with Crippen molar-refractivity contribution >= 4 is 17.5 Å². The van der Waals surface area contributed by atoms with Crippen LogP contribution in [0.15, 0.2) is 36.5 Å². The van der Waals surface area contributed by atoms with E-state index in [0.717, 1.165) is 44.5 Å². The molecule has 5 heteroatoms. The monoisotopic (exact) mass is 339 g/mol. The van der Waals surface area contributed by atoms with Gasteiger partial charge in [0, 0.05) is 51.7 Å². The fourth-order valence-electron chi connectivity index (χ4n) is 3.21. The molecule has 0 bridgehead atoms. The minimum atomic E-state index is 0.826. The van der Waals surface area contributed by atoms with Crippen molar-refractivity contribution < 1.29 is 0 Å². The molecule has 25 heavy (non-hydrogen) atoms. The largest absolute Gasteiger partial charge is 0.368 e. The average Bonchev–Trinajstić information content (AvgIpc) is 2.66. The number of rotatable bonds is 6. The molecule has 0 N–H and O–H groups in total. The normalized spacial score (nSPS) is 14.7. The maximum Gasteiger partial charge on any atom is 0.226 e. The lowest BCUT2D eigenvalue weighted by atomic mass is 10.2. The third-order valence-electron chi connectivity index (χ3n) is 4.79. The lowest BCUT2D eigenvalue weighted by Gasteiger charge is -2.37. The van der Waals surface area contributed by atoms with Crippen LogP contribution in [0.1, 0.15) is 25.3 Å². The van der Waals surface area contributed by atoms with Gasteiger partial charge in [-0.3, -0.25) is 0 Å². The first-order valence-electron chi connectivity index (χ1n) is 9.28. The Morgan fingerprint density at radius 3 is 2.56 bits per heavy atom. The number of hydrogen-bond acceptors (Lipinski definition) is 5. The van der Waals surface area contributed by atoms with Crippen LogP contribution in [0.3, 0.4) is 0 Å². The predicted molar refractivity (Wildman–Crippen MR) is 106 cm³/mol. The quantitative estimate of drug-likeness (QED) is 0.806. The molecule has 2 heterocycles. The molecule has 3 rings (SSSR count). The van der Waals surface area contributed by atoms with Crippen LogP contribution in [0.2, 0.25) is 0 Å². The van der Waals surface area contributed by atoms with Gasteiger partial charge in [-0.2, -0.15) is 4.98 Å². The van der Waals surface area contributed by atoms with E-state index in [-0.39, 0.29) is 0 Å². The van der Waals surface area contributed by atoms with E-state index < -0.39 is 0 Å². The second-order valence-electron chi connectivity index (χ2n) is 6.80. The molecule has 1 aliphatic heterocycles. The Hall–Kier alpha value is -2.30. The fraction of sp³-hybridized carbons (Fsp3) is 0.500. The molecule has 2 aromatic rings. The Balaban J connectivity index is 1.63. The van der Waals surface area contributed by atoms with Gasteiger partial charge in [0.2, 0.25) is 5.95 Å². The molecule has 1 aliphatic rings. The van der Waals surface area contributed by atoms with Gasteiger partial charge in [0.25, 0.3) is 0 Å². The minimum Gasteiger partial charge on any atom is -0.368 e. The van der Waals surface area contributed by atoms with Gasteiger partial charge in [-0.15, -0.1) is 0 Å². The summed E-state index contributed by atoms with van der Waals surface area (Å²) in [7, 11) is 2.07. The molecule has 0 aliphatic carbocycles. The summed E-state index contributed by atoms with van der Waals surface area (Å²) >= 11 is 0. The standard InChI is InChI=1S/C20H29N5/c1-4-5-11-23(3)20-21-10-9-19(22-20)25-14-12-24(13-15-25)18-8-6-7-17(2)16-18/h6-10,16H,4-5,11-15H2,1-3H3. The zero-order chi connectivity index (χ0) is 17.6. The van der Waals surface area contributed by atoms with Crippen molar-refractivity contribution in [3.8, 4) is 0 Å². The van der Waals surface area contributed by atoms with Crippen LogP contribution in [-0.2, 0) is 0 Å². The molecule has 0 radical (unpaired) electrons. The molecule has 0 amide bonds. The summed E-state index contributed by atoms with van der Waals surface area (Å²) in [4.78, 5) is 16.2. The molecule has 134 valence electrons. The van der Waals surface area contributed by atoms with Crippen LogP contribution in [0.4, 0.5) is 17.5 Å². The number of piperazine rings is 1. The van der Waals surface area contributed by atoms with Crippen LogP contribution < -0.4 is 14.7 Å². The Labute approximate surface area is 151 Å². The van der Waals surface area contributed by atoms with Crippen LogP contribution >= 0.6 is 0 Å². The molecule has 0 saturated carbocycles. The summed E-state index contributed by atoms with van der Waals surface area (Å²) < 4.78 is 0. The van der Waals surface area contributed by atoms with Crippen LogP contribution in [0.25, 0.3) is 0 Å². The zero-order valence-electron chi connectivity index (χ0n) is 15.6. The number of aryl methyl sites for hydroxylation is 1. The molecular formula is C20H29N5. The molecule has 0 unspecified atom stereocenters. The Morgan fingerprint density at radius 1 is 1.08 bits per heavy atom. The summed E-state index contributed by atoms with van der Waals surface area (Å²) in [5.74, 6) is 1.87. The SMILES string of the molecule is CCCCN(C)c1nccc(N2CCN(c3cccc(C)c3)CC2)n1. The molecular weight excluding hydrogens is 310 g/mol. The molecule has 1 fully saturated rings. The van der Waals surface area contributed by atoms with E-state index in [1.807, 2.05) is 12.3 Å². The number of unbranched alkanes of at least 4 members (excludes halogenated alkanes) is 1. The van der Waals surface area contributed by atoms with Crippen molar-refractivity contribution in [3.05, 3.63) is 42.1 Å². The summed E-state index contributed by atoms with van der Waals surface area (Å²) in [6, 6.07) is 10.8. The van der Waals surface area contributed by atoms with E-state index in [4.69, 9.17) is 4.98 Å². The van der Waals surface area contributed by atoms with Crippen molar-refractivity contribution in [1.82, 2.24) is 9.97 Å². The van der Waals surface area contributed by atoms with Gasteiger partial charge in [-0.25, -0.2) is 4.98 Å². The number of hydrogen-bond donors (Lipinski definition) is 0. The first kappa shape index (κ1) is 17.5. The van der Waals surface area contributed by atoms with Crippen molar-refractivity contribution in [2.45, 2.75) is 26.7 Å². The molecule has 1 aromatic carbocycles. The van der Waals surface area contributed by atoms with Gasteiger partial charge < -0.3 is 14.7 Å². The van der Waals surface area contributed by atoms with Crippen LogP contribution in [0.5, 0.6) is 0 Å². The first-order valence-corrected chi connectivity index (χ1v) is 9.28. The van der Waals surface area contributed by atoms with Crippen molar-refractivity contribution in [2.75, 3.05) is 54.5 Å². The highest BCUT2D eigenvalue weighted by atomic mass is 15.3. The molecule has 5 nitrogen and oxygen atoms in total. The Kier molecular flexibility index (Phi) is 5.74. The summed E-state index contributed by atoms with van der Waals surface area (Å²) in [5.41, 5.74) is 2.64. The van der Waals surface area contributed by atoms with Gasteiger partial charge in [0.1, 0.15) is 5.82 Å². The van der Waals surface area contributed by atoms with Gasteiger partial charge in [-0.1, -0.05) is 25.5 Å². The highest BCUT2D eigenvalue weighted by Crippen LogP contribution is 2.21. The first-order chi connectivity index (χ1) is 12.2. The summed E-state index contributed by atoms with van der Waals surface area (Å²) in [6.07, 6.45) is 4.23. The Morgan fingerprint density at radius 2 is 1.84 bits per heavy atom. The topological polar surface area (TPSA) is 35.5 Å². The summed E-state index contributed by atoms with van der Waals surface area (Å²) in [6.45, 7) is 9.38. The second kappa shape index (κ2) is 8.19. The lowest BCUT2D eigenvalue weighted by Crippen LogP contribution is -2.47.